The fraction of sp³-hybridized carbons (Fsp3) is 0.143. The summed E-state index contributed by atoms with van der Waals surface area (Å²) in [5, 5.41) is 9.33. The molecule has 0 aliphatic heterocycles. The Bertz CT molecular complexity index is 1020. The van der Waals surface area contributed by atoms with Gasteiger partial charge < -0.3 is 4.98 Å². The molecule has 0 aliphatic carbocycles. The van der Waals surface area contributed by atoms with Crippen molar-refractivity contribution in [2.24, 2.45) is 0 Å². The Morgan fingerprint density at radius 1 is 0.875 bits per heavy atom. The minimum Gasteiger partial charge on any atom is -0.325 e. The van der Waals surface area contributed by atoms with Crippen molar-refractivity contribution in [3.8, 4) is 28.3 Å². The van der Waals surface area contributed by atoms with Crippen LogP contribution in [0.25, 0.3) is 22.3 Å². The summed E-state index contributed by atoms with van der Waals surface area (Å²) >= 11 is 0. The maximum Gasteiger partial charge on any atom is 0.266 e. The number of hydrogen-bond donors (Lipinski definition) is 1. The molecular formula is C21H18N2O. The Morgan fingerprint density at radius 3 is 2.29 bits per heavy atom. The highest BCUT2D eigenvalue weighted by molar-refractivity contribution is 5.76. The van der Waals surface area contributed by atoms with Gasteiger partial charge in [0.15, 0.2) is 0 Å². The molecule has 0 atom stereocenters. The van der Waals surface area contributed by atoms with Gasteiger partial charge in [-0.3, -0.25) is 4.79 Å². The molecule has 0 amide bonds. The summed E-state index contributed by atoms with van der Waals surface area (Å²) in [6.07, 6.45) is 0. The Labute approximate surface area is 141 Å². The third kappa shape index (κ3) is 2.87. The Hall–Kier alpha value is -3.12. The number of H-pyrrole nitrogens is 1. The number of nitrogens with zero attached hydrogens (tertiary/aromatic N) is 1. The average molecular weight is 314 g/mol. The van der Waals surface area contributed by atoms with Gasteiger partial charge in [0.1, 0.15) is 11.6 Å². The Balaban J connectivity index is 2.17. The largest absolute Gasteiger partial charge is 0.325 e. The molecule has 3 aromatic rings. The van der Waals surface area contributed by atoms with Gasteiger partial charge in [-0.05, 0) is 60.7 Å². The van der Waals surface area contributed by atoms with Gasteiger partial charge >= 0.3 is 0 Å². The van der Waals surface area contributed by atoms with Crippen molar-refractivity contribution in [3.05, 3.63) is 81.3 Å². The zero-order valence-corrected chi connectivity index (χ0v) is 14.0. The predicted octanol–water partition coefficient (Wildman–Crippen LogP) is 4.51. The van der Waals surface area contributed by atoms with Crippen molar-refractivity contribution in [1.82, 2.24) is 4.98 Å². The minimum atomic E-state index is -0.343. The number of aryl methyl sites for hydroxylation is 3. The van der Waals surface area contributed by atoms with Crippen LogP contribution < -0.4 is 5.56 Å². The first-order valence-corrected chi connectivity index (χ1v) is 7.81. The van der Waals surface area contributed by atoms with E-state index in [0.717, 1.165) is 22.4 Å². The Morgan fingerprint density at radius 2 is 1.58 bits per heavy atom. The molecule has 1 aromatic heterocycles. The summed E-state index contributed by atoms with van der Waals surface area (Å²) in [5.41, 5.74) is 6.78. The molecule has 0 spiro atoms. The number of nitrogens with one attached hydrogen (secondary N) is 1. The van der Waals surface area contributed by atoms with Crippen LogP contribution in [0.4, 0.5) is 0 Å². The van der Waals surface area contributed by atoms with Crippen molar-refractivity contribution in [2.75, 3.05) is 0 Å². The van der Waals surface area contributed by atoms with Gasteiger partial charge in [0.25, 0.3) is 5.56 Å². The van der Waals surface area contributed by atoms with Gasteiger partial charge in [0, 0.05) is 11.3 Å². The molecule has 0 unspecified atom stereocenters. The fourth-order valence-corrected chi connectivity index (χ4v) is 2.81. The molecule has 1 heterocycles. The highest BCUT2D eigenvalue weighted by Crippen LogP contribution is 2.28. The third-order valence-electron chi connectivity index (χ3n) is 4.29. The minimum absolute atomic E-state index is 0.151. The molecule has 1 N–H and O–H groups in total. The SMILES string of the molecule is Cc1cc(-c2cccc(-c3ccc(C)c(C)c3)c2)c(C#N)c(=O)[nH]1. The van der Waals surface area contributed by atoms with E-state index in [0.29, 0.717) is 5.56 Å². The van der Waals surface area contributed by atoms with Crippen molar-refractivity contribution in [3.63, 3.8) is 0 Å². The van der Waals surface area contributed by atoms with Crippen LogP contribution in [0.5, 0.6) is 0 Å². The fourth-order valence-electron chi connectivity index (χ4n) is 2.81. The summed E-state index contributed by atoms with van der Waals surface area (Å²) in [6.45, 7) is 6.00. The second kappa shape index (κ2) is 6.17. The van der Waals surface area contributed by atoms with E-state index >= 15 is 0 Å². The lowest BCUT2D eigenvalue weighted by Crippen LogP contribution is -2.12. The number of pyridine rings is 1. The molecule has 3 rings (SSSR count). The number of hydrogen-bond acceptors (Lipinski definition) is 2. The molecule has 0 fully saturated rings. The van der Waals surface area contributed by atoms with E-state index in [2.05, 4.69) is 37.0 Å². The van der Waals surface area contributed by atoms with Crippen molar-refractivity contribution in [2.45, 2.75) is 20.8 Å². The summed E-state index contributed by atoms with van der Waals surface area (Å²) in [7, 11) is 0. The van der Waals surface area contributed by atoms with Gasteiger partial charge in [-0.1, -0.05) is 36.4 Å². The zero-order chi connectivity index (χ0) is 17.3. The monoisotopic (exact) mass is 314 g/mol. The van der Waals surface area contributed by atoms with Crippen LogP contribution >= 0.6 is 0 Å². The first-order chi connectivity index (χ1) is 11.5. The van der Waals surface area contributed by atoms with Gasteiger partial charge in [0.2, 0.25) is 0 Å². The molecular weight excluding hydrogens is 296 g/mol. The van der Waals surface area contributed by atoms with E-state index in [4.69, 9.17) is 0 Å². The molecule has 0 aliphatic rings. The smallest absolute Gasteiger partial charge is 0.266 e. The van der Waals surface area contributed by atoms with E-state index in [1.54, 1.807) is 0 Å². The number of nitriles is 1. The maximum atomic E-state index is 12.0. The first kappa shape index (κ1) is 15.8. The van der Waals surface area contributed by atoms with E-state index in [1.807, 2.05) is 43.3 Å². The molecule has 0 saturated carbocycles. The number of benzene rings is 2. The van der Waals surface area contributed by atoms with Crippen LogP contribution in [0.3, 0.4) is 0 Å². The van der Waals surface area contributed by atoms with Gasteiger partial charge in [-0.25, -0.2) is 0 Å². The second-order valence-corrected chi connectivity index (χ2v) is 6.06. The summed E-state index contributed by atoms with van der Waals surface area (Å²) in [5.74, 6) is 0. The van der Waals surface area contributed by atoms with Gasteiger partial charge in [0.05, 0.1) is 0 Å². The van der Waals surface area contributed by atoms with E-state index < -0.39 is 0 Å². The van der Waals surface area contributed by atoms with Crippen LogP contribution in [-0.2, 0) is 0 Å². The quantitative estimate of drug-likeness (QED) is 0.757. The standard InChI is InChI=1S/C21H18N2O/c1-13-7-8-17(9-14(13)2)16-5-4-6-18(11-16)19-10-15(3)23-21(24)20(19)12-22/h4-11H,1-3H3,(H,23,24). The maximum absolute atomic E-state index is 12.0. The molecule has 24 heavy (non-hydrogen) atoms. The number of rotatable bonds is 2. The number of aromatic amines is 1. The predicted molar refractivity (Wildman–Crippen MR) is 96.9 cm³/mol. The normalized spacial score (nSPS) is 10.4. The molecule has 118 valence electrons. The first-order valence-electron chi connectivity index (χ1n) is 7.81. The van der Waals surface area contributed by atoms with Crippen LogP contribution in [0.15, 0.2) is 53.3 Å². The van der Waals surface area contributed by atoms with Crippen molar-refractivity contribution >= 4 is 0 Å². The molecule has 0 radical (unpaired) electrons. The lowest BCUT2D eigenvalue weighted by molar-refractivity contribution is 1.13. The molecule has 3 heteroatoms. The van der Waals surface area contributed by atoms with Gasteiger partial charge in [-0.2, -0.15) is 5.26 Å². The zero-order valence-electron chi connectivity index (χ0n) is 14.0. The van der Waals surface area contributed by atoms with Crippen molar-refractivity contribution in [1.29, 1.82) is 5.26 Å². The van der Waals surface area contributed by atoms with Crippen LogP contribution in [0.2, 0.25) is 0 Å². The third-order valence-corrected chi connectivity index (χ3v) is 4.29. The van der Waals surface area contributed by atoms with E-state index in [9.17, 15) is 10.1 Å². The highest BCUT2D eigenvalue weighted by atomic mass is 16.1. The van der Waals surface area contributed by atoms with Crippen LogP contribution in [0, 0.1) is 32.1 Å². The van der Waals surface area contributed by atoms with E-state index in [-0.39, 0.29) is 11.1 Å². The highest BCUT2D eigenvalue weighted by Gasteiger charge is 2.11. The van der Waals surface area contributed by atoms with E-state index in [1.165, 1.54) is 11.1 Å². The Kier molecular flexibility index (Phi) is 4.05. The molecule has 2 aromatic carbocycles. The van der Waals surface area contributed by atoms with Crippen LogP contribution in [-0.4, -0.2) is 4.98 Å². The summed E-state index contributed by atoms with van der Waals surface area (Å²) < 4.78 is 0. The second-order valence-electron chi connectivity index (χ2n) is 6.06. The average Bonchev–Trinajstić information content (AvgIpc) is 2.57. The van der Waals surface area contributed by atoms with Crippen molar-refractivity contribution < 1.29 is 0 Å². The lowest BCUT2D eigenvalue weighted by atomic mass is 9.95. The summed E-state index contributed by atoms with van der Waals surface area (Å²) in [6, 6.07) is 18.2. The molecule has 0 bridgehead atoms. The van der Waals surface area contributed by atoms with Crippen LogP contribution in [0.1, 0.15) is 22.4 Å². The topological polar surface area (TPSA) is 56.6 Å². The molecule has 0 saturated heterocycles. The molecule has 3 nitrogen and oxygen atoms in total. The summed E-state index contributed by atoms with van der Waals surface area (Å²) in [4.78, 5) is 14.7. The van der Waals surface area contributed by atoms with Gasteiger partial charge in [-0.15, -0.1) is 0 Å². The number of aromatic nitrogens is 1. The lowest BCUT2D eigenvalue weighted by Gasteiger charge is -2.09.